The molecule has 2 aromatic carbocycles. The molecule has 0 saturated carbocycles. The highest BCUT2D eigenvalue weighted by Crippen LogP contribution is 2.36. The van der Waals surface area contributed by atoms with E-state index in [2.05, 4.69) is 4.98 Å². The Kier molecular flexibility index (Phi) is 3.23. The molecule has 0 aliphatic rings. The SMILES string of the molecule is Cl.Nc1cc(Cl)c2[nH]c3c(Cl)cc(N)cc3c2c1. The minimum atomic E-state index is 0. The first-order valence-electron chi connectivity index (χ1n) is 5.01. The Labute approximate surface area is 119 Å². The number of aromatic amines is 1. The molecular weight excluding hydrogens is 293 g/mol. The second kappa shape index (κ2) is 4.43. The van der Waals surface area contributed by atoms with Crippen LogP contribution in [0.15, 0.2) is 24.3 Å². The first-order chi connectivity index (χ1) is 8.06. The van der Waals surface area contributed by atoms with Gasteiger partial charge in [-0.1, -0.05) is 23.2 Å². The van der Waals surface area contributed by atoms with E-state index in [4.69, 9.17) is 34.7 Å². The van der Waals surface area contributed by atoms with Crippen molar-refractivity contribution in [3.63, 3.8) is 0 Å². The molecule has 0 atom stereocenters. The summed E-state index contributed by atoms with van der Waals surface area (Å²) in [5, 5.41) is 3.01. The standard InChI is InChI=1S/C12H9Cl2N3.ClH/c13-9-3-5(15)1-7-8-2-6(16)4-10(14)12(8)17-11(7)9;/h1-4,17H,15-16H2;1H. The zero-order valence-corrected chi connectivity index (χ0v) is 11.5. The summed E-state index contributed by atoms with van der Waals surface area (Å²) in [5.74, 6) is 0. The third kappa shape index (κ3) is 1.85. The van der Waals surface area contributed by atoms with Crippen LogP contribution in [0.3, 0.4) is 0 Å². The summed E-state index contributed by atoms with van der Waals surface area (Å²) in [4.78, 5) is 3.19. The van der Waals surface area contributed by atoms with Crippen molar-refractivity contribution in [2.75, 3.05) is 11.5 Å². The Balaban J connectivity index is 0.00000120. The Morgan fingerprint density at radius 1 is 0.778 bits per heavy atom. The molecule has 18 heavy (non-hydrogen) atoms. The summed E-state index contributed by atoms with van der Waals surface area (Å²) in [6.45, 7) is 0. The summed E-state index contributed by atoms with van der Waals surface area (Å²) < 4.78 is 0. The van der Waals surface area contributed by atoms with E-state index in [0.717, 1.165) is 21.8 Å². The normalized spacial score (nSPS) is 10.8. The van der Waals surface area contributed by atoms with Crippen molar-refractivity contribution in [2.24, 2.45) is 0 Å². The average Bonchev–Trinajstić information content (AvgIpc) is 2.58. The molecule has 0 aliphatic heterocycles. The quantitative estimate of drug-likeness (QED) is 0.544. The van der Waals surface area contributed by atoms with Crippen molar-refractivity contribution in [3.05, 3.63) is 34.3 Å². The lowest BCUT2D eigenvalue weighted by atomic mass is 10.1. The zero-order valence-electron chi connectivity index (χ0n) is 9.13. The molecular formula is C12H10Cl3N3. The van der Waals surface area contributed by atoms with E-state index in [1.54, 1.807) is 12.1 Å². The second-order valence-corrected chi connectivity index (χ2v) is 4.79. The average molecular weight is 303 g/mol. The van der Waals surface area contributed by atoms with Gasteiger partial charge in [-0.05, 0) is 24.3 Å². The lowest BCUT2D eigenvalue weighted by Crippen LogP contribution is -1.84. The van der Waals surface area contributed by atoms with Gasteiger partial charge in [0.1, 0.15) is 0 Å². The van der Waals surface area contributed by atoms with Gasteiger partial charge in [-0.25, -0.2) is 0 Å². The van der Waals surface area contributed by atoms with Gasteiger partial charge in [0.15, 0.2) is 0 Å². The molecule has 6 heteroatoms. The van der Waals surface area contributed by atoms with Crippen LogP contribution < -0.4 is 11.5 Å². The molecule has 0 radical (unpaired) electrons. The number of rotatable bonds is 0. The molecule has 0 bridgehead atoms. The number of nitrogens with one attached hydrogen (secondary N) is 1. The third-order valence-corrected chi connectivity index (χ3v) is 3.36. The summed E-state index contributed by atoms with van der Waals surface area (Å²) in [7, 11) is 0. The number of nitrogen functional groups attached to an aromatic ring is 2. The molecule has 0 aliphatic carbocycles. The number of H-pyrrole nitrogens is 1. The summed E-state index contributed by atoms with van der Waals surface area (Å²) in [5.41, 5.74) is 14.4. The lowest BCUT2D eigenvalue weighted by Gasteiger charge is -1.98. The van der Waals surface area contributed by atoms with Crippen LogP contribution in [0.4, 0.5) is 11.4 Å². The van der Waals surface area contributed by atoms with Crippen LogP contribution in [0, 0.1) is 0 Å². The van der Waals surface area contributed by atoms with Crippen molar-refractivity contribution in [3.8, 4) is 0 Å². The van der Waals surface area contributed by atoms with E-state index in [1.165, 1.54) is 0 Å². The summed E-state index contributed by atoms with van der Waals surface area (Å²) in [6, 6.07) is 7.12. The highest BCUT2D eigenvalue weighted by Gasteiger charge is 2.11. The van der Waals surface area contributed by atoms with Crippen molar-refractivity contribution in [1.29, 1.82) is 0 Å². The van der Waals surface area contributed by atoms with E-state index < -0.39 is 0 Å². The van der Waals surface area contributed by atoms with E-state index in [9.17, 15) is 0 Å². The number of halogens is 3. The summed E-state index contributed by atoms with van der Waals surface area (Å²) >= 11 is 12.3. The maximum atomic E-state index is 6.14. The largest absolute Gasteiger partial charge is 0.399 e. The van der Waals surface area contributed by atoms with Gasteiger partial charge in [0.2, 0.25) is 0 Å². The monoisotopic (exact) mass is 301 g/mol. The highest BCUT2D eigenvalue weighted by atomic mass is 35.5. The molecule has 1 heterocycles. The molecule has 0 saturated heterocycles. The van der Waals surface area contributed by atoms with Gasteiger partial charge in [0, 0.05) is 22.1 Å². The molecule has 0 spiro atoms. The number of nitrogens with two attached hydrogens (primary N) is 2. The van der Waals surface area contributed by atoms with Crippen LogP contribution >= 0.6 is 35.6 Å². The number of hydrogen-bond acceptors (Lipinski definition) is 2. The first-order valence-corrected chi connectivity index (χ1v) is 5.77. The summed E-state index contributed by atoms with van der Waals surface area (Å²) in [6.07, 6.45) is 0. The van der Waals surface area contributed by atoms with Gasteiger partial charge in [-0.2, -0.15) is 0 Å². The topological polar surface area (TPSA) is 67.8 Å². The van der Waals surface area contributed by atoms with Crippen molar-refractivity contribution in [2.45, 2.75) is 0 Å². The molecule has 1 aromatic heterocycles. The minimum Gasteiger partial charge on any atom is -0.399 e. The fraction of sp³-hybridized carbons (Fsp3) is 0. The van der Waals surface area contributed by atoms with Crippen LogP contribution in [-0.2, 0) is 0 Å². The van der Waals surface area contributed by atoms with Gasteiger partial charge in [0.25, 0.3) is 0 Å². The van der Waals surface area contributed by atoms with Gasteiger partial charge in [-0.3, -0.25) is 0 Å². The predicted octanol–water partition coefficient (Wildman–Crippen LogP) is 4.21. The lowest BCUT2D eigenvalue weighted by molar-refractivity contribution is 1.54. The predicted molar refractivity (Wildman–Crippen MR) is 81.9 cm³/mol. The number of aromatic nitrogens is 1. The minimum absolute atomic E-state index is 0. The zero-order chi connectivity index (χ0) is 12.2. The Bertz CT molecular complexity index is 687. The smallest absolute Gasteiger partial charge is 0.0667 e. The highest BCUT2D eigenvalue weighted by molar-refractivity contribution is 6.39. The van der Waals surface area contributed by atoms with Gasteiger partial charge in [-0.15, -0.1) is 12.4 Å². The molecule has 94 valence electrons. The van der Waals surface area contributed by atoms with Crippen LogP contribution in [0.1, 0.15) is 0 Å². The number of hydrogen-bond donors (Lipinski definition) is 3. The Morgan fingerprint density at radius 3 is 1.56 bits per heavy atom. The van der Waals surface area contributed by atoms with E-state index >= 15 is 0 Å². The molecule has 3 aromatic rings. The maximum absolute atomic E-state index is 6.14. The molecule has 0 unspecified atom stereocenters. The van der Waals surface area contributed by atoms with Crippen molar-refractivity contribution >= 4 is 68.8 Å². The molecule has 0 amide bonds. The maximum Gasteiger partial charge on any atom is 0.0667 e. The first kappa shape index (κ1) is 13.1. The van der Waals surface area contributed by atoms with Gasteiger partial charge >= 0.3 is 0 Å². The van der Waals surface area contributed by atoms with Crippen LogP contribution in [0.5, 0.6) is 0 Å². The van der Waals surface area contributed by atoms with Crippen LogP contribution in [-0.4, -0.2) is 4.98 Å². The van der Waals surface area contributed by atoms with Crippen LogP contribution in [0.2, 0.25) is 10.0 Å². The van der Waals surface area contributed by atoms with Crippen molar-refractivity contribution < 1.29 is 0 Å². The van der Waals surface area contributed by atoms with E-state index in [0.29, 0.717) is 21.4 Å². The van der Waals surface area contributed by atoms with E-state index in [-0.39, 0.29) is 12.4 Å². The third-order valence-electron chi connectivity index (χ3n) is 2.77. The second-order valence-electron chi connectivity index (χ2n) is 3.98. The molecule has 3 nitrogen and oxygen atoms in total. The Morgan fingerprint density at radius 2 is 1.17 bits per heavy atom. The van der Waals surface area contributed by atoms with Gasteiger partial charge in [0.05, 0.1) is 21.1 Å². The van der Waals surface area contributed by atoms with E-state index in [1.807, 2.05) is 12.1 Å². The van der Waals surface area contributed by atoms with Crippen molar-refractivity contribution in [1.82, 2.24) is 4.98 Å². The number of fused-ring (bicyclic) bond motifs is 3. The molecule has 3 rings (SSSR count). The molecule has 5 N–H and O–H groups in total. The van der Waals surface area contributed by atoms with Gasteiger partial charge < -0.3 is 16.5 Å². The molecule has 0 fully saturated rings. The fourth-order valence-corrected chi connectivity index (χ4v) is 2.61. The number of anilines is 2. The van der Waals surface area contributed by atoms with Crippen LogP contribution in [0.25, 0.3) is 21.8 Å². The number of benzene rings is 2. The Hall–Kier alpha value is -1.29. The fourth-order valence-electron chi connectivity index (χ4n) is 2.06.